The van der Waals surface area contributed by atoms with Crippen LogP contribution in [0.3, 0.4) is 0 Å². The van der Waals surface area contributed by atoms with Crippen LogP contribution in [0.1, 0.15) is 46.5 Å². The van der Waals surface area contributed by atoms with E-state index in [1.54, 1.807) is 0 Å². The molecule has 0 saturated carbocycles. The predicted molar refractivity (Wildman–Crippen MR) is 94.1 cm³/mol. The van der Waals surface area contributed by atoms with Crippen LogP contribution in [0.2, 0.25) is 0 Å². The first-order valence-corrected chi connectivity index (χ1v) is 8.52. The van der Waals surface area contributed by atoms with Crippen molar-refractivity contribution in [3.8, 4) is 0 Å². The van der Waals surface area contributed by atoms with Crippen molar-refractivity contribution in [2.75, 3.05) is 32.7 Å². The number of rotatable bonds is 11. The molecule has 0 heterocycles. The molecular weight excluding hydrogens is 312 g/mol. The highest BCUT2D eigenvalue weighted by molar-refractivity contribution is 5.65. The fourth-order valence-corrected chi connectivity index (χ4v) is 2.76. The smallest absolute Gasteiger partial charge is 0.407 e. The molecule has 0 radical (unpaired) electrons. The lowest BCUT2D eigenvalue weighted by Crippen LogP contribution is -2.48. The first-order chi connectivity index (χ1) is 11.1. The molecule has 0 aliphatic rings. The van der Waals surface area contributed by atoms with Crippen LogP contribution in [0.5, 0.6) is 0 Å². The van der Waals surface area contributed by atoms with Crippen LogP contribution >= 0.6 is 0 Å². The van der Waals surface area contributed by atoms with Gasteiger partial charge >= 0.3 is 12.2 Å². The van der Waals surface area contributed by atoms with Crippen LogP contribution in [0, 0.1) is 5.41 Å². The van der Waals surface area contributed by atoms with Gasteiger partial charge in [0.05, 0.1) is 0 Å². The summed E-state index contributed by atoms with van der Waals surface area (Å²) in [5.74, 6) is 0. The second kappa shape index (κ2) is 11.1. The van der Waals surface area contributed by atoms with Gasteiger partial charge in [0.2, 0.25) is 0 Å². The molecule has 1 unspecified atom stereocenters. The van der Waals surface area contributed by atoms with Crippen LogP contribution in [0.15, 0.2) is 0 Å². The van der Waals surface area contributed by atoms with Gasteiger partial charge in [0.25, 0.3) is 0 Å². The minimum atomic E-state index is -0.964. The molecule has 142 valence electrons. The molecule has 0 rings (SSSR count). The van der Waals surface area contributed by atoms with E-state index in [1.165, 1.54) is 9.80 Å². The van der Waals surface area contributed by atoms with Crippen molar-refractivity contribution in [2.45, 2.75) is 52.5 Å². The molecule has 0 spiro atoms. The third-order valence-electron chi connectivity index (χ3n) is 4.03. The van der Waals surface area contributed by atoms with Gasteiger partial charge in [-0.25, -0.2) is 9.59 Å². The summed E-state index contributed by atoms with van der Waals surface area (Å²) in [5, 5.41) is 18.7. The second-order valence-corrected chi connectivity index (χ2v) is 7.05. The molecule has 0 aliphatic carbocycles. The summed E-state index contributed by atoms with van der Waals surface area (Å²) in [4.78, 5) is 25.6. The standard InChI is InChI=1S/C16H34N4O4/c1-16(2,3)13(20(15(23)24)12-6-9-18)7-4-10-19(14(21)22)11-5-8-17/h13H,4-12,17-18H2,1-3H3,(H,21,22)(H,23,24). The van der Waals surface area contributed by atoms with Crippen molar-refractivity contribution in [1.29, 1.82) is 0 Å². The fraction of sp³-hybridized carbons (Fsp3) is 0.875. The number of amides is 2. The molecular formula is C16H34N4O4. The zero-order valence-electron chi connectivity index (χ0n) is 15.2. The van der Waals surface area contributed by atoms with Crippen LogP contribution in [-0.2, 0) is 0 Å². The van der Waals surface area contributed by atoms with Crippen molar-refractivity contribution < 1.29 is 19.8 Å². The number of carbonyl (C=O) groups is 2. The van der Waals surface area contributed by atoms with Gasteiger partial charge in [-0.1, -0.05) is 20.8 Å². The molecule has 0 aliphatic heterocycles. The van der Waals surface area contributed by atoms with E-state index in [2.05, 4.69) is 0 Å². The Balaban J connectivity index is 4.83. The third kappa shape index (κ3) is 8.35. The molecule has 8 nitrogen and oxygen atoms in total. The lowest BCUT2D eigenvalue weighted by molar-refractivity contribution is 0.0737. The summed E-state index contributed by atoms with van der Waals surface area (Å²) in [6.07, 6.45) is 0.511. The average Bonchev–Trinajstić information content (AvgIpc) is 2.46. The van der Waals surface area contributed by atoms with E-state index < -0.39 is 12.2 Å². The molecule has 24 heavy (non-hydrogen) atoms. The molecule has 0 saturated heterocycles. The molecule has 0 aromatic heterocycles. The lowest BCUT2D eigenvalue weighted by Gasteiger charge is -2.39. The van der Waals surface area contributed by atoms with Crippen molar-refractivity contribution in [2.24, 2.45) is 16.9 Å². The van der Waals surface area contributed by atoms with Crippen molar-refractivity contribution >= 4 is 12.2 Å². The lowest BCUT2D eigenvalue weighted by atomic mass is 9.83. The molecule has 0 bridgehead atoms. The van der Waals surface area contributed by atoms with Gasteiger partial charge in [0.15, 0.2) is 0 Å². The summed E-state index contributed by atoms with van der Waals surface area (Å²) >= 11 is 0. The minimum absolute atomic E-state index is 0.188. The quantitative estimate of drug-likeness (QED) is 0.451. The highest BCUT2D eigenvalue weighted by Crippen LogP contribution is 2.28. The first-order valence-electron chi connectivity index (χ1n) is 8.52. The molecule has 0 aromatic carbocycles. The number of nitrogens with zero attached hydrogens (tertiary/aromatic N) is 2. The Bertz CT molecular complexity index is 385. The average molecular weight is 346 g/mol. The molecule has 0 aromatic rings. The third-order valence-corrected chi connectivity index (χ3v) is 4.03. The van der Waals surface area contributed by atoms with Gasteiger partial charge < -0.3 is 31.5 Å². The number of carboxylic acid groups (broad SMARTS) is 2. The topological polar surface area (TPSA) is 133 Å². The maximum Gasteiger partial charge on any atom is 0.407 e. The van der Waals surface area contributed by atoms with E-state index in [-0.39, 0.29) is 11.5 Å². The number of nitrogens with two attached hydrogens (primary N) is 2. The Morgan fingerprint density at radius 1 is 0.917 bits per heavy atom. The van der Waals surface area contributed by atoms with Crippen LogP contribution < -0.4 is 11.5 Å². The summed E-state index contributed by atoms with van der Waals surface area (Å²) in [6, 6.07) is -0.188. The summed E-state index contributed by atoms with van der Waals surface area (Å²) in [6.45, 7) is 8.06. The summed E-state index contributed by atoms with van der Waals surface area (Å²) in [5.41, 5.74) is 10.7. The van der Waals surface area contributed by atoms with E-state index in [1.807, 2.05) is 20.8 Å². The second-order valence-electron chi connectivity index (χ2n) is 7.05. The molecule has 1 atom stereocenters. The monoisotopic (exact) mass is 346 g/mol. The minimum Gasteiger partial charge on any atom is -0.465 e. The molecule has 0 fully saturated rings. The van der Waals surface area contributed by atoms with E-state index in [4.69, 9.17) is 11.5 Å². The van der Waals surface area contributed by atoms with Crippen LogP contribution in [0.25, 0.3) is 0 Å². The zero-order valence-corrected chi connectivity index (χ0v) is 15.2. The van der Waals surface area contributed by atoms with Crippen LogP contribution in [0.4, 0.5) is 9.59 Å². The molecule has 2 amide bonds. The SMILES string of the molecule is CC(C)(C)C(CCCN(CCCN)C(=O)O)N(CCCN)C(=O)O. The highest BCUT2D eigenvalue weighted by atomic mass is 16.4. The van der Waals surface area contributed by atoms with Gasteiger partial charge in [0.1, 0.15) is 0 Å². The highest BCUT2D eigenvalue weighted by Gasteiger charge is 2.32. The normalized spacial score (nSPS) is 12.7. The Kier molecular flexibility index (Phi) is 10.4. The Labute approximate surface area is 144 Å². The van der Waals surface area contributed by atoms with Crippen LogP contribution in [-0.4, -0.2) is 71.0 Å². The van der Waals surface area contributed by atoms with Gasteiger partial charge in [-0.2, -0.15) is 0 Å². The maximum absolute atomic E-state index is 11.6. The first kappa shape index (κ1) is 22.5. The van der Waals surface area contributed by atoms with E-state index in [0.717, 1.165) is 0 Å². The van der Waals surface area contributed by atoms with Gasteiger partial charge in [-0.05, 0) is 44.2 Å². The predicted octanol–water partition coefficient (Wildman–Crippen LogP) is 1.84. The summed E-state index contributed by atoms with van der Waals surface area (Å²) < 4.78 is 0. The van der Waals surface area contributed by atoms with Crippen molar-refractivity contribution in [1.82, 2.24) is 9.80 Å². The maximum atomic E-state index is 11.6. The van der Waals surface area contributed by atoms with E-state index in [0.29, 0.717) is 58.4 Å². The van der Waals surface area contributed by atoms with Gasteiger partial charge in [-0.15, -0.1) is 0 Å². The number of hydrogen-bond acceptors (Lipinski definition) is 4. The zero-order chi connectivity index (χ0) is 18.8. The fourth-order valence-electron chi connectivity index (χ4n) is 2.76. The molecule has 8 heteroatoms. The Morgan fingerprint density at radius 2 is 1.42 bits per heavy atom. The van der Waals surface area contributed by atoms with E-state index in [9.17, 15) is 19.8 Å². The Morgan fingerprint density at radius 3 is 1.83 bits per heavy atom. The van der Waals surface area contributed by atoms with E-state index >= 15 is 0 Å². The number of hydrogen-bond donors (Lipinski definition) is 4. The van der Waals surface area contributed by atoms with Gasteiger partial charge in [-0.3, -0.25) is 0 Å². The van der Waals surface area contributed by atoms with Crippen molar-refractivity contribution in [3.05, 3.63) is 0 Å². The molecule has 6 N–H and O–H groups in total. The van der Waals surface area contributed by atoms with Gasteiger partial charge in [0, 0.05) is 25.7 Å². The summed E-state index contributed by atoms with van der Waals surface area (Å²) in [7, 11) is 0. The largest absolute Gasteiger partial charge is 0.465 e. The Hall–Kier alpha value is -1.54. The van der Waals surface area contributed by atoms with Crippen molar-refractivity contribution in [3.63, 3.8) is 0 Å².